The minimum absolute atomic E-state index is 0.323. The molecule has 0 spiro atoms. The summed E-state index contributed by atoms with van der Waals surface area (Å²) in [6, 6.07) is 20.2. The Morgan fingerprint density at radius 1 is 0.909 bits per heavy atom. The third kappa shape index (κ3) is 2.80. The van der Waals surface area contributed by atoms with Gasteiger partial charge >= 0.3 is 0 Å². The molecule has 0 saturated heterocycles. The van der Waals surface area contributed by atoms with Crippen LogP contribution in [0.2, 0.25) is 0 Å². The molecule has 1 aliphatic heterocycles. The van der Waals surface area contributed by atoms with Crippen LogP contribution in [0.15, 0.2) is 54.6 Å². The number of alkyl halides is 1. The van der Waals surface area contributed by atoms with Gasteiger partial charge in [0.05, 0.1) is 24.1 Å². The average Bonchev–Trinajstić information content (AvgIpc) is 2.93. The summed E-state index contributed by atoms with van der Waals surface area (Å²) in [6.07, 6.45) is 0.950. The highest BCUT2D eigenvalue weighted by Gasteiger charge is 2.32. The highest BCUT2D eigenvalue weighted by Crippen LogP contribution is 2.42. The van der Waals surface area contributed by atoms with E-state index < -0.39 is 0 Å². The molecule has 2 aromatic rings. The molecule has 0 aromatic heterocycles. The van der Waals surface area contributed by atoms with Gasteiger partial charge in [0, 0.05) is 11.9 Å². The summed E-state index contributed by atoms with van der Waals surface area (Å²) in [5, 5.41) is 0. The molecule has 1 aliphatic rings. The quantitative estimate of drug-likeness (QED) is 0.713. The summed E-state index contributed by atoms with van der Waals surface area (Å²) < 4.78 is 0. The van der Waals surface area contributed by atoms with Gasteiger partial charge in [-0.3, -0.25) is 0 Å². The molecule has 0 radical (unpaired) electrons. The van der Waals surface area contributed by atoms with Crippen LogP contribution in [0.25, 0.3) is 0 Å². The first-order chi connectivity index (χ1) is 10.7. The number of para-hydroxylation sites is 2. The van der Waals surface area contributed by atoms with Gasteiger partial charge in [0.1, 0.15) is 0 Å². The van der Waals surface area contributed by atoms with Gasteiger partial charge in [0.2, 0.25) is 0 Å². The summed E-state index contributed by atoms with van der Waals surface area (Å²) in [6.45, 7) is 5.42. The Morgan fingerprint density at radius 3 is 2.09 bits per heavy atom. The Kier molecular flexibility index (Phi) is 4.58. The Hall–Kier alpha value is -1.67. The number of rotatable bonds is 5. The van der Waals surface area contributed by atoms with Gasteiger partial charge in [0.15, 0.2) is 0 Å². The predicted octanol–water partition coefficient (Wildman–Crippen LogP) is 5.05. The minimum Gasteiger partial charge on any atom is -0.350 e. The van der Waals surface area contributed by atoms with Crippen molar-refractivity contribution in [1.29, 1.82) is 0 Å². The molecule has 2 nitrogen and oxygen atoms in total. The number of halogens is 1. The second kappa shape index (κ2) is 6.62. The molecule has 0 unspecified atom stereocenters. The van der Waals surface area contributed by atoms with Crippen LogP contribution in [0.1, 0.15) is 31.9 Å². The van der Waals surface area contributed by atoms with Gasteiger partial charge in [-0.05, 0) is 38.0 Å². The Balaban J connectivity index is 1.99. The maximum Gasteiger partial charge on any atom is 0.0913 e. The molecule has 3 heteroatoms. The Morgan fingerprint density at radius 2 is 1.50 bits per heavy atom. The third-order valence-electron chi connectivity index (χ3n) is 4.37. The molecule has 0 amide bonds. The number of anilines is 2. The minimum atomic E-state index is 0.323. The van der Waals surface area contributed by atoms with Crippen LogP contribution in [-0.4, -0.2) is 18.6 Å². The van der Waals surface area contributed by atoms with Crippen LogP contribution in [0.4, 0.5) is 11.4 Å². The Bertz CT molecular complexity index is 612. The van der Waals surface area contributed by atoms with Crippen LogP contribution < -0.4 is 9.80 Å². The van der Waals surface area contributed by atoms with E-state index in [-0.39, 0.29) is 0 Å². The highest BCUT2D eigenvalue weighted by atomic mass is 35.5. The maximum atomic E-state index is 6.11. The zero-order valence-electron chi connectivity index (χ0n) is 13.2. The second-order valence-corrected chi connectivity index (χ2v) is 6.45. The van der Waals surface area contributed by atoms with Crippen molar-refractivity contribution in [1.82, 2.24) is 0 Å². The lowest BCUT2D eigenvalue weighted by Gasteiger charge is -2.31. The molecule has 3 rings (SSSR count). The molecule has 0 aliphatic carbocycles. The standard InChI is InChI=1S/C19H23ClN2/c1-15(2)21-14-22(19-11-7-6-10-18(19)21)17(12-13-20)16-8-4-3-5-9-16/h3-11,15,17H,12-14H2,1-2H3/t17-/m0/s1. The van der Waals surface area contributed by atoms with Crippen molar-refractivity contribution in [2.24, 2.45) is 0 Å². The van der Waals surface area contributed by atoms with Crippen molar-refractivity contribution in [3.8, 4) is 0 Å². The summed E-state index contributed by atoms with van der Waals surface area (Å²) >= 11 is 6.11. The SMILES string of the molecule is CC(C)N1CN([C@@H](CCCl)c2ccccc2)c2ccccc21. The molecular weight excluding hydrogens is 292 g/mol. The van der Waals surface area contributed by atoms with Crippen molar-refractivity contribution in [2.75, 3.05) is 22.3 Å². The van der Waals surface area contributed by atoms with Crippen molar-refractivity contribution < 1.29 is 0 Å². The lowest BCUT2D eigenvalue weighted by atomic mass is 10.0. The molecule has 0 saturated carbocycles. The largest absolute Gasteiger partial charge is 0.350 e. The molecule has 1 atom stereocenters. The lowest BCUT2D eigenvalue weighted by Crippen LogP contribution is -2.37. The number of hydrogen-bond acceptors (Lipinski definition) is 2. The van der Waals surface area contributed by atoms with E-state index in [9.17, 15) is 0 Å². The number of benzene rings is 2. The fraction of sp³-hybridized carbons (Fsp3) is 0.368. The fourth-order valence-corrected chi connectivity index (χ4v) is 3.46. The van der Waals surface area contributed by atoms with E-state index >= 15 is 0 Å². The Labute approximate surface area is 138 Å². The molecule has 0 bridgehead atoms. The van der Waals surface area contributed by atoms with Crippen molar-refractivity contribution in [2.45, 2.75) is 32.4 Å². The molecule has 22 heavy (non-hydrogen) atoms. The number of nitrogens with zero attached hydrogens (tertiary/aromatic N) is 2. The summed E-state index contributed by atoms with van der Waals surface area (Å²) in [5.41, 5.74) is 3.98. The van der Waals surface area contributed by atoms with Crippen LogP contribution in [0.5, 0.6) is 0 Å². The third-order valence-corrected chi connectivity index (χ3v) is 4.59. The zero-order chi connectivity index (χ0) is 15.5. The van der Waals surface area contributed by atoms with E-state index in [0.717, 1.165) is 13.1 Å². The normalized spacial score (nSPS) is 15.3. The summed E-state index contributed by atoms with van der Waals surface area (Å²) in [5.74, 6) is 0.667. The average molecular weight is 315 g/mol. The van der Waals surface area contributed by atoms with Gasteiger partial charge in [-0.1, -0.05) is 42.5 Å². The van der Waals surface area contributed by atoms with Gasteiger partial charge in [-0.2, -0.15) is 0 Å². The zero-order valence-corrected chi connectivity index (χ0v) is 14.0. The highest BCUT2D eigenvalue weighted by molar-refractivity contribution is 6.17. The van der Waals surface area contributed by atoms with Crippen molar-refractivity contribution in [3.63, 3.8) is 0 Å². The first kappa shape index (κ1) is 15.2. The van der Waals surface area contributed by atoms with Crippen LogP contribution >= 0.6 is 11.6 Å². The smallest absolute Gasteiger partial charge is 0.0913 e. The number of fused-ring (bicyclic) bond motifs is 1. The van der Waals surface area contributed by atoms with E-state index in [4.69, 9.17) is 11.6 Å². The monoisotopic (exact) mass is 314 g/mol. The van der Waals surface area contributed by atoms with Crippen LogP contribution in [0.3, 0.4) is 0 Å². The summed E-state index contributed by atoms with van der Waals surface area (Å²) in [4.78, 5) is 4.95. The van der Waals surface area contributed by atoms with Crippen LogP contribution in [0, 0.1) is 0 Å². The second-order valence-electron chi connectivity index (χ2n) is 6.07. The molecule has 1 heterocycles. The maximum absolute atomic E-state index is 6.11. The fourth-order valence-electron chi connectivity index (χ4n) is 3.26. The molecular formula is C19H23ClN2. The topological polar surface area (TPSA) is 6.48 Å². The van der Waals surface area contributed by atoms with Gasteiger partial charge in [-0.15, -0.1) is 11.6 Å². The van der Waals surface area contributed by atoms with Crippen molar-refractivity contribution >= 4 is 23.0 Å². The lowest BCUT2D eigenvalue weighted by molar-refractivity contribution is 0.591. The van der Waals surface area contributed by atoms with Crippen LogP contribution in [-0.2, 0) is 0 Å². The van der Waals surface area contributed by atoms with Gasteiger partial charge < -0.3 is 9.80 Å². The molecule has 2 aromatic carbocycles. The molecule has 0 fully saturated rings. The number of hydrogen-bond donors (Lipinski definition) is 0. The van der Waals surface area contributed by atoms with E-state index in [0.29, 0.717) is 18.0 Å². The van der Waals surface area contributed by atoms with E-state index in [1.807, 2.05) is 0 Å². The van der Waals surface area contributed by atoms with Crippen molar-refractivity contribution in [3.05, 3.63) is 60.2 Å². The van der Waals surface area contributed by atoms with Gasteiger partial charge in [0.25, 0.3) is 0 Å². The van der Waals surface area contributed by atoms with E-state index in [2.05, 4.69) is 78.2 Å². The molecule has 0 N–H and O–H groups in total. The predicted molar refractivity (Wildman–Crippen MR) is 95.9 cm³/mol. The van der Waals surface area contributed by atoms with Gasteiger partial charge in [-0.25, -0.2) is 0 Å². The molecule has 116 valence electrons. The first-order valence-corrected chi connectivity index (χ1v) is 8.49. The van der Waals surface area contributed by atoms with E-state index in [1.165, 1.54) is 16.9 Å². The van der Waals surface area contributed by atoms with E-state index in [1.54, 1.807) is 0 Å². The summed E-state index contributed by atoms with van der Waals surface area (Å²) in [7, 11) is 0. The first-order valence-electron chi connectivity index (χ1n) is 7.95.